The van der Waals surface area contributed by atoms with Crippen LogP contribution in [0.15, 0.2) is 0 Å². The number of hydrogen-bond donors (Lipinski definition) is 0. The van der Waals surface area contributed by atoms with E-state index in [1.807, 2.05) is 0 Å². The molecule has 16 heavy (non-hydrogen) atoms. The van der Waals surface area contributed by atoms with Gasteiger partial charge in [-0.1, -0.05) is 23.2 Å². The van der Waals surface area contributed by atoms with Gasteiger partial charge in [0.05, 0.1) is 28.4 Å². The summed E-state index contributed by atoms with van der Waals surface area (Å²) in [5.74, 6) is 1.25. The number of hydrogen-bond acceptors (Lipinski definition) is 4. The molecule has 0 fully saturated rings. The van der Waals surface area contributed by atoms with E-state index in [4.69, 9.17) is 42.1 Å². The van der Waals surface area contributed by atoms with Crippen LogP contribution in [0, 0.1) is 0 Å². The van der Waals surface area contributed by atoms with E-state index < -0.39 is 0 Å². The molecular formula is C10H12Cl2O4. The van der Waals surface area contributed by atoms with Gasteiger partial charge in [0.25, 0.3) is 0 Å². The number of rotatable bonds is 4. The Kier molecular flexibility index (Phi) is 4.38. The van der Waals surface area contributed by atoms with Crippen molar-refractivity contribution in [2.24, 2.45) is 0 Å². The SMILES string of the molecule is COc1c(Cl)c(OC)c(OC)c(Cl)c1OC. The average molecular weight is 267 g/mol. The van der Waals surface area contributed by atoms with Gasteiger partial charge in [0.1, 0.15) is 10.0 Å². The van der Waals surface area contributed by atoms with Crippen LogP contribution in [0.4, 0.5) is 0 Å². The van der Waals surface area contributed by atoms with Gasteiger partial charge in [-0.15, -0.1) is 0 Å². The molecule has 6 heteroatoms. The molecule has 0 bridgehead atoms. The van der Waals surface area contributed by atoms with Crippen molar-refractivity contribution in [3.05, 3.63) is 10.0 Å². The van der Waals surface area contributed by atoms with E-state index in [9.17, 15) is 0 Å². The topological polar surface area (TPSA) is 36.9 Å². The van der Waals surface area contributed by atoms with Crippen LogP contribution in [0.25, 0.3) is 0 Å². The second-order valence-corrected chi connectivity index (χ2v) is 3.52. The maximum atomic E-state index is 6.08. The lowest BCUT2D eigenvalue weighted by Gasteiger charge is -2.17. The van der Waals surface area contributed by atoms with Gasteiger partial charge in [-0.3, -0.25) is 0 Å². The van der Waals surface area contributed by atoms with E-state index in [0.29, 0.717) is 23.0 Å². The Morgan fingerprint density at radius 1 is 0.562 bits per heavy atom. The van der Waals surface area contributed by atoms with Crippen molar-refractivity contribution in [3.8, 4) is 23.0 Å². The maximum Gasteiger partial charge on any atom is 0.185 e. The molecule has 90 valence electrons. The minimum Gasteiger partial charge on any atom is -0.491 e. The summed E-state index contributed by atoms with van der Waals surface area (Å²) >= 11 is 12.2. The first kappa shape index (κ1) is 13.1. The molecule has 0 saturated heterocycles. The van der Waals surface area contributed by atoms with Crippen LogP contribution < -0.4 is 18.9 Å². The summed E-state index contributed by atoms with van der Waals surface area (Å²) in [5, 5.41) is 0.506. The molecule has 4 nitrogen and oxygen atoms in total. The summed E-state index contributed by atoms with van der Waals surface area (Å²) in [4.78, 5) is 0. The molecule has 0 radical (unpaired) electrons. The fourth-order valence-electron chi connectivity index (χ4n) is 1.33. The Morgan fingerprint density at radius 2 is 0.750 bits per heavy atom. The predicted octanol–water partition coefficient (Wildman–Crippen LogP) is 3.03. The molecular weight excluding hydrogens is 255 g/mol. The highest BCUT2D eigenvalue weighted by atomic mass is 35.5. The van der Waals surface area contributed by atoms with E-state index >= 15 is 0 Å². The highest BCUT2D eigenvalue weighted by Crippen LogP contribution is 2.53. The van der Waals surface area contributed by atoms with Gasteiger partial charge < -0.3 is 18.9 Å². The van der Waals surface area contributed by atoms with Crippen LogP contribution in [-0.2, 0) is 0 Å². The molecule has 0 aromatic heterocycles. The molecule has 1 aromatic rings. The molecule has 0 amide bonds. The van der Waals surface area contributed by atoms with Crippen LogP contribution in [0.2, 0.25) is 10.0 Å². The van der Waals surface area contributed by atoms with Crippen LogP contribution in [-0.4, -0.2) is 28.4 Å². The Hall–Kier alpha value is -1.00. The van der Waals surface area contributed by atoms with Gasteiger partial charge in [-0.05, 0) is 0 Å². The molecule has 1 rings (SSSR count). The first-order valence-electron chi connectivity index (χ1n) is 4.33. The van der Waals surface area contributed by atoms with Gasteiger partial charge in [0.15, 0.2) is 23.0 Å². The molecule has 0 spiro atoms. The summed E-state index contributed by atoms with van der Waals surface area (Å²) in [6.07, 6.45) is 0. The largest absolute Gasteiger partial charge is 0.491 e. The lowest BCUT2D eigenvalue weighted by atomic mass is 10.2. The number of methoxy groups -OCH3 is 4. The molecule has 1 aromatic carbocycles. The first-order chi connectivity index (χ1) is 7.62. The van der Waals surface area contributed by atoms with Crippen LogP contribution in [0.3, 0.4) is 0 Å². The molecule has 0 N–H and O–H groups in total. The molecule has 0 aliphatic carbocycles. The predicted molar refractivity (Wildman–Crippen MR) is 62.7 cm³/mol. The molecule has 0 atom stereocenters. The minimum atomic E-state index is 0.253. The summed E-state index contributed by atoms with van der Waals surface area (Å²) in [5.41, 5.74) is 0. The molecule has 0 aliphatic heterocycles. The van der Waals surface area contributed by atoms with Crippen LogP contribution in [0.1, 0.15) is 0 Å². The van der Waals surface area contributed by atoms with E-state index in [1.54, 1.807) is 0 Å². The van der Waals surface area contributed by atoms with Crippen molar-refractivity contribution >= 4 is 23.2 Å². The van der Waals surface area contributed by atoms with Crippen molar-refractivity contribution < 1.29 is 18.9 Å². The van der Waals surface area contributed by atoms with Crippen molar-refractivity contribution in [1.82, 2.24) is 0 Å². The molecule has 0 unspecified atom stereocenters. The van der Waals surface area contributed by atoms with Crippen molar-refractivity contribution in [1.29, 1.82) is 0 Å². The van der Waals surface area contributed by atoms with Crippen LogP contribution in [0.5, 0.6) is 23.0 Å². The summed E-state index contributed by atoms with van der Waals surface area (Å²) in [6, 6.07) is 0. The zero-order valence-electron chi connectivity index (χ0n) is 9.39. The average Bonchev–Trinajstić information content (AvgIpc) is 2.30. The minimum absolute atomic E-state index is 0.253. The Morgan fingerprint density at radius 3 is 0.875 bits per heavy atom. The van der Waals surface area contributed by atoms with Gasteiger partial charge in [-0.2, -0.15) is 0 Å². The second kappa shape index (κ2) is 5.37. The fourth-order valence-corrected chi connectivity index (χ4v) is 1.99. The van der Waals surface area contributed by atoms with Gasteiger partial charge in [0, 0.05) is 0 Å². The zero-order chi connectivity index (χ0) is 12.3. The standard InChI is InChI=1S/C10H12Cl2O4/c1-13-7-5(11)9(15-3)10(16-4)6(12)8(7)14-2/h1-4H3. The summed E-state index contributed by atoms with van der Waals surface area (Å²) in [6.45, 7) is 0. The van der Waals surface area contributed by atoms with Crippen LogP contribution >= 0.6 is 23.2 Å². The van der Waals surface area contributed by atoms with Crippen molar-refractivity contribution in [3.63, 3.8) is 0 Å². The van der Waals surface area contributed by atoms with Gasteiger partial charge in [-0.25, -0.2) is 0 Å². The number of benzene rings is 1. The third kappa shape index (κ3) is 1.95. The normalized spacial score (nSPS) is 9.88. The number of halogens is 2. The Bertz CT molecular complexity index is 323. The van der Waals surface area contributed by atoms with E-state index in [-0.39, 0.29) is 10.0 Å². The van der Waals surface area contributed by atoms with E-state index in [2.05, 4.69) is 0 Å². The highest BCUT2D eigenvalue weighted by molar-refractivity contribution is 6.38. The zero-order valence-corrected chi connectivity index (χ0v) is 10.9. The van der Waals surface area contributed by atoms with Gasteiger partial charge in [0.2, 0.25) is 0 Å². The quantitative estimate of drug-likeness (QED) is 0.840. The maximum absolute atomic E-state index is 6.08. The monoisotopic (exact) mass is 266 g/mol. The summed E-state index contributed by atoms with van der Waals surface area (Å²) < 4.78 is 20.5. The second-order valence-electron chi connectivity index (χ2n) is 2.76. The summed E-state index contributed by atoms with van der Waals surface area (Å²) in [7, 11) is 5.86. The molecule has 0 heterocycles. The molecule has 0 aliphatic rings. The molecule has 0 saturated carbocycles. The lowest BCUT2D eigenvalue weighted by molar-refractivity contribution is 0.330. The van der Waals surface area contributed by atoms with Crippen molar-refractivity contribution in [2.75, 3.05) is 28.4 Å². The van der Waals surface area contributed by atoms with Gasteiger partial charge >= 0.3 is 0 Å². The highest BCUT2D eigenvalue weighted by Gasteiger charge is 2.25. The Balaban J connectivity index is 3.60. The fraction of sp³-hybridized carbons (Fsp3) is 0.400. The van der Waals surface area contributed by atoms with E-state index in [1.165, 1.54) is 28.4 Å². The first-order valence-corrected chi connectivity index (χ1v) is 5.08. The smallest absolute Gasteiger partial charge is 0.185 e. The lowest BCUT2D eigenvalue weighted by Crippen LogP contribution is -1.98. The number of ether oxygens (including phenoxy) is 4. The van der Waals surface area contributed by atoms with E-state index in [0.717, 1.165) is 0 Å². The third-order valence-corrected chi connectivity index (χ3v) is 2.71. The Labute approximate surface area is 104 Å². The third-order valence-electron chi connectivity index (χ3n) is 2.03. The van der Waals surface area contributed by atoms with Crippen molar-refractivity contribution in [2.45, 2.75) is 0 Å².